The van der Waals surface area contributed by atoms with Gasteiger partial charge in [0.25, 0.3) is 0 Å². The Morgan fingerprint density at radius 2 is 2.05 bits per heavy atom. The molecule has 110 valence electrons. The lowest BCUT2D eigenvalue weighted by atomic mass is 10.2. The van der Waals surface area contributed by atoms with Crippen molar-refractivity contribution in [2.45, 2.75) is 19.5 Å². The van der Waals surface area contributed by atoms with Crippen molar-refractivity contribution in [3.63, 3.8) is 0 Å². The third-order valence-electron chi connectivity index (χ3n) is 3.29. The molecule has 2 rings (SSSR count). The van der Waals surface area contributed by atoms with Crippen LogP contribution in [-0.2, 0) is 16.1 Å². The second kappa shape index (κ2) is 7.54. The van der Waals surface area contributed by atoms with E-state index in [4.69, 9.17) is 4.74 Å². The van der Waals surface area contributed by atoms with Gasteiger partial charge in [-0.05, 0) is 56.5 Å². The molecule has 1 amide bonds. The number of rotatable bonds is 4. The Morgan fingerprint density at radius 1 is 1.35 bits per heavy atom. The van der Waals surface area contributed by atoms with Gasteiger partial charge in [0.15, 0.2) is 0 Å². The molecule has 1 saturated heterocycles. The van der Waals surface area contributed by atoms with Crippen LogP contribution >= 0.6 is 31.9 Å². The number of amides is 1. The van der Waals surface area contributed by atoms with Crippen LogP contribution in [0, 0.1) is 0 Å². The normalized spacial score (nSPS) is 17.1. The van der Waals surface area contributed by atoms with Crippen molar-refractivity contribution in [2.24, 2.45) is 0 Å². The third kappa shape index (κ3) is 4.28. The zero-order chi connectivity index (χ0) is 14.5. The van der Waals surface area contributed by atoms with Crippen LogP contribution < -0.4 is 5.32 Å². The summed E-state index contributed by atoms with van der Waals surface area (Å²) in [5.74, 6) is 0.143. The summed E-state index contributed by atoms with van der Waals surface area (Å²) < 4.78 is 7.30. The van der Waals surface area contributed by atoms with Gasteiger partial charge in [0.05, 0.1) is 19.3 Å². The molecule has 1 aliphatic rings. The van der Waals surface area contributed by atoms with Crippen LogP contribution in [0.2, 0.25) is 0 Å². The summed E-state index contributed by atoms with van der Waals surface area (Å²) in [5, 5.41) is 3.27. The van der Waals surface area contributed by atoms with E-state index in [-0.39, 0.29) is 11.9 Å². The van der Waals surface area contributed by atoms with Crippen molar-refractivity contribution >= 4 is 37.8 Å². The molecule has 20 heavy (non-hydrogen) atoms. The van der Waals surface area contributed by atoms with Crippen LogP contribution in [0.1, 0.15) is 12.5 Å². The smallest absolute Gasteiger partial charge is 0.239 e. The van der Waals surface area contributed by atoms with Crippen molar-refractivity contribution in [3.8, 4) is 0 Å². The quantitative estimate of drug-likeness (QED) is 0.836. The number of carbonyl (C=O) groups excluding carboxylic acids is 1. The van der Waals surface area contributed by atoms with Crippen LogP contribution in [0.15, 0.2) is 27.1 Å². The number of nitrogens with one attached hydrogen (secondary N) is 1. The molecule has 1 aromatic carbocycles. The zero-order valence-corrected chi connectivity index (χ0v) is 14.5. The lowest BCUT2D eigenvalue weighted by molar-refractivity contribution is -0.137. The summed E-state index contributed by atoms with van der Waals surface area (Å²) in [4.78, 5) is 14.1. The fraction of sp³-hybridized carbons (Fsp3) is 0.500. The van der Waals surface area contributed by atoms with Crippen LogP contribution in [0.3, 0.4) is 0 Å². The van der Waals surface area contributed by atoms with Gasteiger partial charge in [0.2, 0.25) is 5.91 Å². The van der Waals surface area contributed by atoms with Crippen molar-refractivity contribution in [1.29, 1.82) is 0 Å². The number of halogens is 2. The predicted molar refractivity (Wildman–Crippen MR) is 85.5 cm³/mol. The monoisotopic (exact) mass is 404 g/mol. The first-order chi connectivity index (χ1) is 9.58. The average molecular weight is 406 g/mol. The average Bonchev–Trinajstić information content (AvgIpc) is 2.48. The molecule has 0 spiro atoms. The Hall–Kier alpha value is -0.430. The number of hydrogen-bond donors (Lipinski definition) is 1. The molecule has 1 aromatic rings. The maximum atomic E-state index is 12.2. The summed E-state index contributed by atoms with van der Waals surface area (Å²) in [7, 11) is 0. The fourth-order valence-electron chi connectivity index (χ4n) is 2.07. The minimum absolute atomic E-state index is 0.143. The highest BCUT2D eigenvalue weighted by Crippen LogP contribution is 2.23. The zero-order valence-electron chi connectivity index (χ0n) is 11.4. The molecule has 1 aliphatic heterocycles. The van der Waals surface area contributed by atoms with Gasteiger partial charge in [-0.1, -0.05) is 6.07 Å². The lowest BCUT2D eigenvalue weighted by Crippen LogP contribution is -2.49. The highest BCUT2D eigenvalue weighted by molar-refractivity contribution is 9.13. The van der Waals surface area contributed by atoms with Gasteiger partial charge in [-0.3, -0.25) is 4.79 Å². The highest BCUT2D eigenvalue weighted by atomic mass is 79.9. The topological polar surface area (TPSA) is 41.6 Å². The van der Waals surface area contributed by atoms with Gasteiger partial charge in [-0.15, -0.1) is 0 Å². The van der Waals surface area contributed by atoms with Gasteiger partial charge in [-0.25, -0.2) is 0 Å². The van der Waals surface area contributed by atoms with E-state index >= 15 is 0 Å². The summed E-state index contributed by atoms with van der Waals surface area (Å²) in [6.45, 7) is 5.23. The fourth-order valence-corrected chi connectivity index (χ4v) is 2.74. The minimum Gasteiger partial charge on any atom is -0.378 e. The van der Waals surface area contributed by atoms with E-state index in [2.05, 4.69) is 37.2 Å². The Morgan fingerprint density at radius 3 is 2.70 bits per heavy atom. The summed E-state index contributed by atoms with van der Waals surface area (Å²) >= 11 is 6.93. The van der Waals surface area contributed by atoms with Crippen molar-refractivity contribution in [2.75, 3.05) is 26.3 Å². The van der Waals surface area contributed by atoms with E-state index in [1.807, 2.05) is 30.0 Å². The molecule has 0 radical (unpaired) electrons. The molecule has 0 aromatic heterocycles. The van der Waals surface area contributed by atoms with Gasteiger partial charge in [-0.2, -0.15) is 0 Å². The molecule has 1 fully saturated rings. The molecule has 1 heterocycles. The maximum absolute atomic E-state index is 12.2. The number of nitrogens with zero attached hydrogens (tertiary/aromatic N) is 1. The highest BCUT2D eigenvalue weighted by Gasteiger charge is 2.21. The number of carbonyl (C=O) groups is 1. The van der Waals surface area contributed by atoms with Crippen LogP contribution in [0.5, 0.6) is 0 Å². The second-order valence-corrected chi connectivity index (χ2v) is 6.50. The third-order valence-corrected chi connectivity index (χ3v) is 5.17. The van der Waals surface area contributed by atoms with E-state index in [1.54, 1.807) is 0 Å². The summed E-state index contributed by atoms with van der Waals surface area (Å²) in [6.07, 6.45) is 0. The maximum Gasteiger partial charge on any atom is 0.239 e. The van der Waals surface area contributed by atoms with E-state index in [0.717, 1.165) is 14.5 Å². The van der Waals surface area contributed by atoms with Crippen molar-refractivity contribution in [3.05, 3.63) is 32.7 Å². The summed E-state index contributed by atoms with van der Waals surface area (Å²) in [5.41, 5.74) is 1.14. The van der Waals surface area contributed by atoms with Crippen LogP contribution in [-0.4, -0.2) is 43.2 Å². The Balaban J connectivity index is 1.85. The first-order valence-corrected chi connectivity index (χ1v) is 8.20. The van der Waals surface area contributed by atoms with Crippen LogP contribution in [0.25, 0.3) is 0 Å². The van der Waals surface area contributed by atoms with Crippen LogP contribution in [0.4, 0.5) is 0 Å². The van der Waals surface area contributed by atoms with Gasteiger partial charge in [0.1, 0.15) is 0 Å². The van der Waals surface area contributed by atoms with Gasteiger partial charge < -0.3 is 15.0 Å². The standard InChI is InChI=1S/C14H18Br2N2O2/c1-10(14(19)18-4-6-20-7-5-18)17-9-11-2-3-12(15)13(16)8-11/h2-3,8,10,17H,4-7,9H2,1H3. The SMILES string of the molecule is CC(NCc1ccc(Br)c(Br)c1)C(=O)N1CCOCC1. The van der Waals surface area contributed by atoms with E-state index < -0.39 is 0 Å². The predicted octanol–water partition coefficient (Wildman–Crippen LogP) is 2.55. The lowest BCUT2D eigenvalue weighted by Gasteiger charge is -2.29. The second-order valence-electron chi connectivity index (χ2n) is 4.79. The molecule has 6 heteroatoms. The molecule has 1 N–H and O–H groups in total. The Bertz CT molecular complexity index is 476. The summed E-state index contributed by atoms with van der Waals surface area (Å²) in [6, 6.07) is 5.89. The van der Waals surface area contributed by atoms with E-state index in [1.165, 1.54) is 0 Å². The number of ether oxygens (including phenoxy) is 1. The Kier molecular flexibility index (Phi) is 6.01. The van der Waals surface area contributed by atoms with E-state index in [9.17, 15) is 4.79 Å². The largest absolute Gasteiger partial charge is 0.378 e. The van der Waals surface area contributed by atoms with Crippen molar-refractivity contribution < 1.29 is 9.53 Å². The first-order valence-electron chi connectivity index (χ1n) is 6.62. The minimum atomic E-state index is -0.185. The first kappa shape index (κ1) is 15.9. The van der Waals surface area contributed by atoms with Crippen molar-refractivity contribution in [1.82, 2.24) is 10.2 Å². The molecular weight excluding hydrogens is 388 g/mol. The number of benzene rings is 1. The molecule has 0 saturated carbocycles. The van der Waals surface area contributed by atoms with E-state index in [0.29, 0.717) is 32.8 Å². The molecule has 1 atom stereocenters. The number of hydrogen-bond acceptors (Lipinski definition) is 3. The molecule has 0 aliphatic carbocycles. The molecule has 1 unspecified atom stereocenters. The molecule has 0 bridgehead atoms. The Labute approximate surface area is 136 Å². The van der Waals surface area contributed by atoms with Gasteiger partial charge >= 0.3 is 0 Å². The van der Waals surface area contributed by atoms with Gasteiger partial charge in [0, 0.05) is 28.6 Å². The number of morpholine rings is 1. The molecular formula is C14H18Br2N2O2. The molecule has 4 nitrogen and oxygen atoms in total.